The van der Waals surface area contributed by atoms with Crippen molar-refractivity contribution in [3.63, 3.8) is 0 Å². The minimum absolute atomic E-state index is 0.0833. The van der Waals surface area contributed by atoms with Crippen LogP contribution in [0.1, 0.15) is 0 Å². The van der Waals surface area contributed by atoms with Crippen LogP contribution in [0.4, 0.5) is 0 Å². The molecule has 8 heteroatoms. The molecule has 1 aromatic rings. The summed E-state index contributed by atoms with van der Waals surface area (Å²) in [6.07, 6.45) is 0. The maximum atomic E-state index is 10.3. The fraction of sp³-hybridized carbons (Fsp3) is 0. The predicted molar refractivity (Wildman–Crippen MR) is 54.7 cm³/mol. The lowest BCUT2D eigenvalue weighted by molar-refractivity contribution is -0.116. The van der Waals surface area contributed by atoms with Gasteiger partial charge < -0.3 is 4.55 Å². The van der Waals surface area contributed by atoms with E-state index in [1.54, 1.807) is 0 Å². The fourth-order valence-electron chi connectivity index (χ4n) is 0.601. The summed E-state index contributed by atoms with van der Waals surface area (Å²) in [7, 11) is -4.33. The van der Waals surface area contributed by atoms with Gasteiger partial charge in [0.05, 0.1) is 4.90 Å². The van der Waals surface area contributed by atoms with Crippen LogP contribution in [-0.4, -0.2) is 18.9 Å². The van der Waals surface area contributed by atoms with E-state index in [0.29, 0.717) is 5.02 Å². The van der Waals surface area contributed by atoms with Crippen LogP contribution in [0.3, 0.4) is 0 Å². The van der Waals surface area contributed by atoms with Crippen LogP contribution in [0.15, 0.2) is 29.2 Å². The fourth-order valence-corrected chi connectivity index (χ4v) is 1.20. The normalized spacial score (nSPS) is 10.0. The maximum absolute atomic E-state index is 10.3. The van der Waals surface area contributed by atoms with Crippen LogP contribution < -0.4 is 16.9 Å². The highest BCUT2D eigenvalue weighted by molar-refractivity contribution is 7.85. The van der Waals surface area contributed by atoms with Gasteiger partial charge in [-0.15, -0.1) is 0 Å². The van der Waals surface area contributed by atoms with Crippen molar-refractivity contribution in [1.82, 2.24) is 0 Å². The van der Waals surface area contributed by atoms with Gasteiger partial charge in [0.2, 0.25) is 0 Å². The smallest absolute Gasteiger partial charge is 0.336 e. The Balaban J connectivity index is 0.000000423. The van der Waals surface area contributed by atoms with Gasteiger partial charge in [-0.3, -0.25) is 16.9 Å². The predicted octanol–water partition coefficient (Wildman–Crippen LogP) is -1.74. The molecule has 0 amide bonds. The third-order valence-electron chi connectivity index (χ3n) is 1.10. The summed E-state index contributed by atoms with van der Waals surface area (Å²) in [5, 5.41) is 4.98. The van der Waals surface area contributed by atoms with Crippen LogP contribution in [0.5, 0.6) is 0 Å². The Hall–Kier alpha value is -1.31. The Morgan fingerprint density at radius 1 is 1.27 bits per heavy atom. The van der Waals surface area contributed by atoms with E-state index in [9.17, 15) is 13.0 Å². The van der Waals surface area contributed by atoms with E-state index in [0.717, 1.165) is 0 Å². The number of guanidine groups is 1. The van der Waals surface area contributed by atoms with E-state index in [1.807, 2.05) is 0 Å². The SMILES string of the molecule is NC(N)=[NH2+].O=S(=O)([O-])c1ccc(Cl)cc1. The molecule has 0 saturated heterocycles. The second-order valence-electron chi connectivity index (χ2n) is 2.41. The zero-order chi connectivity index (χ0) is 12.1. The number of benzene rings is 1. The van der Waals surface area contributed by atoms with E-state index < -0.39 is 10.1 Å². The van der Waals surface area contributed by atoms with Crippen molar-refractivity contribution in [2.75, 3.05) is 0 Å². The first kappa shape index (κ1) is 13.7. The number of nitrogens with two attached hydrogens (primary N) is 3. The first-order chi connectivity index (χ1) is 6.73. The molecule has 0 radical (unpaired) electrons. The molecule has 0 heterocycles. The van der Waals surface area contributed by atoms with Crippen LogP contribution >= 0.6 is 11.6 Å². The second kappa shape index (κ2) is 5.54. The molecule has 0 atom stereocenters. The number of rotatable bonds is 1. The highest BCUT2D eigenvalue weighted by atomic mass is 35.5. The molecule has 0 unspecified atom stereocenters. The Morgan fingerprint density at radius 3 is 1.87 bits per heavy atom. The molecule has 6 nitrogen and oxygen atoms in total. The molecular formula is C7H10ClN3O3S. The highest BCUT2D eigenvalue weighted by Gasteiger charge is 1.98. The van der Waals surface area contributed by atoms with Crippen molar-refractivity contribution >= 4 is 27.7 Å². The molecule has 0 spiro atoms. The maximum Gasteiger partial charge on any atom is 0.336 e. The molecule has 84 valence electrons. The summed E-state index contributed by atoms with van der Waals surface area (Å²) < 4.78 is 31.0. The molecule has 1 rings (SSSR count). The van der Waals surface area contributed by atoms with Crippen LogP contribution in [0, 0.1) is 0 Å². The molecule has 0 bridgehead atoms. The Labute approximate surface area is 92.1 Å². The lowest BCUT2D eigenvalue weighted by atomic mass is 10.4. The Kier molecular flexibility index (Phi) is 5.06. The largest absolute Gasteiger partial charge is 0.744 e. The summed E-state index contributed by atoms with van der Waals surface area (Å²) in [6.45, 7) is 0. The standard InChI is InChI=1S/C6H5ClO3S.CH5N3/c7-5-1-3-6(4-2-5)11(8,9)10;2-1(3)4/h1-4H,(H,8,9,10);(H5,2,3,4). The minimum atomic E-state index is -4.33. The molecule has 0 saturated carbocycles. The zero-order valence-electron chi connectivity index (χ0n) is 7.55. The van der Waals surface area contributed by atoms with Crippen molar-refractivity contribution in [1.29, 1.82) is 0 Å². The summed E-state index contributed by atoms with van der Waals surface area (Å²) in [5.74, 6) is -0.0833. The van der Waals surface area contributed by atoms with E-state index in [2.05, 4.69) is 16.9 Å². The number of halogens is 1. The molecular weight excluding hydrogens is 242 g/mol. The van der Waals surface area contributed by atoms with Crippen LogP contribution in [0.25, 0.3) is 0 Å². The Bertz CT molecular complexity index is 425. The van der Waals surface area contributed by atoms with Gasteiger partial charge >= 0.3 is 5.96 Å². The summed E-state index contributed by atoms with van der Waals surface area (Å²) in [4.78, 5) is -0.262. The number of hydrogen-bond acceptors (Lipinski definition) is 3. The van der Waals surface area contributed by atoms with Crippen molar-refractivity contribution in [3.05, 3.63) is 29.3 Å². The van der Waals surface area contributed by atoms with Gasteiger partial charge in [0.25, 0.3) is 0 Å². The molecule has 6 N–H and O–H groups in total. The van der Waals surface area contributed by atoms with Crippen LogP contribution in [0.2, 0.25) is 5.02 Å². The van der Waals surface area contributed by atoms with Gasteiger partial charge in [0, 0.05) is 5.02 Å². The highest BCUT2D eigenvalue weighted by Crippen LogP contribution is 2.12. The van der Waals surface area contributed by atoms with E-state index >= 15 is 0 Å². The van der Waals surface area contributed by atoms with Gasteiger partial charge in [-0.2, -0.15) is 0 Å². The molecule has 0 aromatic heterocycles. The minimum Gasteiger partial charge on any atom is -0.744 e. The van der Waals surface area contributed by atoms with Crippen molar-refractivity contribution in [3.8, 4) is 0 Å². The Morgan fingerprint density at radius 2 is 1.60 bits per heavy atom. The molecule has 1 aromatic carbocycles. The quantitative estimate of drug-likeness (QED) is 0.309. The average Bonchev–Trinajstić information content (AvgIpc) is 2.01. The summed E-state index contributed by atoms with van der Waals surface area (Å²) in [5.41, 5.74) is 9.17. The summed E-state index contributed by atoms with van der Waals surface area (Å²) in [6, 6.07) is 5.05. The van der Waals surface area contributed by atoms with Crippen molar-refractivity contribution < 1.29 is 18.4 Å². The summed E-state index contributed by atoms with van der Waals surface area (Å²) >= 11 is 5.46. The molecule has 0 fully saturated rings. The lowest BCUT2D eigenvalue weighted by Gasteiger charge is -2.05. The van der Waals surface area contributed by atoms with E-state index in [4.69, 9.17) is 11.6 Å². The van der Waals surface area contributed by atoms with Gasteiger partial charge in [-0.05, 0) is 24.3 Å². The van der Waals surface area contributed by atoms with E-state index in [-0.39, 0.29) is 10.9 Å². The van der Waals surface area contributed by atoms with Gasteiger partial charge in [-0.25, -0.2) is 8.42 Å². The zero-order valence-corrected chi connectivity index (χ0v) is 9.12. The van der Waals surface area contributed by atoms with Gasteiger partial charge in [-0.1, -0.05) is 11.6 Å². The van der Waals surface area contributed by atoms with Crippen LogP contribution in [-0.2, 0) is 10.1 Å². The monoisotopic (exact) mass is 251 g/mol. The third kappa shape index (κ3) is 6.72. The van der Waals surface area contributed by atoms with Gasteiger partial charge in [0.1, 0.15) is 10.1 Å². The number of hydrogen-bond donors (Lipinski definition) is 3. The molecule has 0 aliphatic rings. The van der Waals surface area contributed by atoms with Gasteiger partial charge in [0.15, 0.2) is 0 Å². The molecule has 0 aliphatic carbocycles. The molecule has 15 heavy (non-hydrogen) atoms. The first-order valence-electron chi connectivity index (χ1n) is 3.58. The second-order valence-corrected chi connectivity index (χ2v) is 4.22. The topological polar surface area (TPSA) is 135 Å². The van der Waals surface area contributed by atoms with Crippen molar-refractivity contribution in [2.24, 2.45) is 11.5 Å². The van der Waals surface area contributed by atoms with Crippen molar-refractivity contribution in [2.45, 2.75) is 4.90 Å². The first-order valence-corrected chi connectivity index (χ1v) is 5.37. The molecule has 0 aliphatic heterocycles. The third-order valence-corrected chi connectivity index (χ3v) is 2.20. The van der Waals surface area contributed by atoms with E-state index in [1.165, 1.54) is 24.3 Å². The lowest BCUT2D eigenvalue weighted by Crippen LogP contribution is -2.51. The average molecular weight is 252 g/mol.